The van der Waals surface area contributed by atoms with Crippen LogP contribution in [-0.4, -0.2) is 47.3 Å². The lowest BCUT2D eigenvalue weighted by Gasteiger charge is -2.07. The largest absolute Gasteiger partial charge is 0.481 e. The standard InChI is InChI=1S/C34H36N4O6/c1-7-21-16(2)26-14-31-34(20(6)44-43)19(5)27(38-31)12-24-17(3)22(8-10-32(39)40)29(36-24)15-30-23(9-11-33(41)42)18(4)25(37-30)13-28(21)35-26/h7,12-15,20,35,38,43H,1,8-11H2,2-6H3,(H,39,40)(H,41,42)/t20-/m0/s1. The Balaban J connectivity index is 1.94. The summed E-state index contributed by atoms with van der Waals surface area (Å²) in [5.74, 6) is -1.82. The van der Waals surface area contributed by atoms with E-state index in [1.807, 2.05) is 52.0 Å². The Kier molecular flexibility index (Phi) is 8.40. The van der Waals surface area contributed by atoms with Crippen molar-refractivity contribution >= 4 is 62.4 Å². The highest BCUT2D eigenvalue weighted by molar-refractivity contribution is 5.96. The molecule has 0 amide bonds. The second kappa shape index (κ2) is 12.1. The lowest BCUT2D eigenvalue weighted by atomic mass is 9.98. The van der Waals surface area contributed by atoms with Gasteiger partial charge in [0.2, 0.25) is 0 Å². The minimum atomic E-state index is -0.914. The minimum absolute atomic E-state index is 0.0592. The molecule has 0 fully saturated rings. The molecule has 44 heavy (non-hydrogen) atoms. The Morgan fingerprint density at radius 1 is 0.795 bits per heavy atom. The van der Waals surface area contributed by atoms with E-state index >= 15 is 0 Å². The Morgan fingerprint density at radius 2 is 1.30 bits per heavy atom. The quantitative estimate of drug-likeness (QED) is 0.124. The predicted molar refractivity (Wildman–Crippen MR) is 171 cm³/mol. The van der Waals surface area contributed by atoms with Crippen LogP contribution in [0.1, 0.15) is 97.6 Å². The summed E-state index contributed by atoms with van der Waals surface area (Å²) in [5, 5.41) is 28.6. The fourth-order valence-electron chi connectivity index (χ4n) is 6.08. The number of aromatic nitrogens is 4. The summed E-state index contributed by atoms with van der Waals surface area (Å²) in [4.78, 5) is 44.7. The molecular formula is C34H36N4O6. The molecule has 5 N–H and O–H groups in total. The summed E-state index contributed by atoms with van der Waals surface area (Å²) >= 11 is 0. The number of carbonyl (C=O) groups is 2. The van der Waals surface area contributed by atoms with Gasteiger partial charge in [-0.25, -0.2) is 14.9 Å². The molecule has 3 aromatic heterocycles. The summed E-state index contributed by atoms with van der Waals surface area (Å²) < 4.78 is 0. The fraction of sp³-hybridized carbons (Fsp3) is 0.294. The van der Waals surface area contributed by atoms with Gasteiger partial charge in [-0.2, -0.15) is 0 Å². The van der Waals surface area contributed by atoms with Gasteiger partial charge in [0.1, 0.15) is 6.10 Å². The van der Waals surface area contributed by atoms with Gasteiger partial charge < -0.3 is 20.2 Å². The SMILES string of the molecule is C=Cc1c(C)c2cc3[nH]c(cc4nc(cc5nc(cc1[nH]2)C(C)=C5CCC(=O)O)C(CCC(=O)O)=C4C)c(C)c3[C@H](C)OO. The van der Waals surface area contributed by atoms with Gasteiger partial charge in [-0.05, 0) is 105 Å². The third-order valence-electron chi connectivity index (χ3n) is 8.58. The van der Waals surface area contributed by atoms with Gasteiger partial charge in [0.25, 0.3) is 0 Å². The zero-order chi connectivity index (χ0) is 31.9. The average Bonchev–Trinajstić information content (AvgIpc) is 3.63. The van der Waals surface area contributed by atoms with Crippen molar-refractivity contribution in [2.75, 3.05) is 0 Å². The molecule has 5 rings (SSSR count). The van der Waals surface area contributed by atoms with Gasteiger partial charge in [-0.3, -0.25) is 14.8 Å². The molecule has 0 saturated carbocycles. The number of nitrogens with one attached hydrogen (secondary N) is 2. The first-order valence-corrected chi connectivity index (χ1v) is 14.5. The van der Waals surface area contributed by atoms with Gasteiger partial charge in [0.15, 0.2) is 0 Å². The zero-order valence-electron chi connectivity index (χ0n) is 25.5. The number of hydrogen-bond acceptors (Lipinski definition) is 6. The average molecular weight is 597 g/mol. The third kappa shape index (κ3) is 5.61. The number of allylic oxidation sites excluding steroid dienone is 4. The molecule has 228 valence electrons. The van der Waals surface area contributed by atoms with Crippen molar-refractivity contribution in [3.8, 4) is 0 Å². The molecule has 0 spiro atoms. The Bertz CT molecular complexity index is 1940. The van der Waals surface area contributed by atoms with Crippen molar-refractivity contribution < 1.29 is 29.9 Å². The lowest BCUT2D eigenvalue weighted by molar-refractivity contribution is -0.276. The minimum Gasteiger partial charge on any atom is -0.481 e. The van der Waals surface area contributed by atoms with Crippen LogP contribution in [-0.2, 0) is 14.5 Å². The number of nitrogens with zero attached hydrogens (tertiary/aromatic N) is 2. The molecule has 0 aromatic carbocycles. The van der Waals surface area contributed by atoms with Crippen LogP contribution in [0.15, 0.2) is 30.8 Å². The summed E-state index contributed by atoms with van der Waals surface area (Å²) in [6.07, 6.45) is 1.59. The van der Waals surface area contributed by atoms with Crippen LogP contribution in [0.5, 0.6) is 0 Å². The molecule has 5 heterocycles. The van der Waals surface area contributed by atoms with Gasteiger partial charge in [-0.15, -0.1) is 0 Å². The Labute approximate surface area is 254 Å². The van der Waals surface area contributed by atoms with Crippen LogP contribution < -0.4 is 0 Å². The normalized spacial score (nSPS) is 13.9. The number of rotatable bonds is 9. The Morgan fingerprint density at radius 3 is 1.80 bits per heavy atom. The fourth-order valence-corrected chi connectivity index (χ4v) is 6.08. The van der Waals surface area contributed by atoms with E-state index in [0.717, 1.165) is 66.6 Å². The molecule has 2 aliphatic rings. The molecule has 1 atom stereocenters. The van der Waals surface area contributed by atoms with Crippen molar-refractivity contribution in [1.29, 1.82) is 0 Å². The van der Waals surface area contributed by atoms with E-state index in [-0.39, 0.29) is 25.7 Å². The van der Waals surface area contributed by atoms with E-state index < -0.39 is 18.0 Å². The highest BCUT2D eigenvalue weighted by Crippen LogP contribution is 2.38. The number of carboxylic acid groups (broad SMARTS) is 2. The number of carboxylic acids is 2. The maximum Gasteiger partial charge on any atom is 0.303 e. The van der Waals surface area contributed by atoms with E-state index in [2.05, 4.69) is 16.5 Å². The molecule has 10 nitrogen and oxygen atoms in total. The van der Waals surface area contributed by atoms with Crippen LogP contribution >= 0.6 is 0 Å². The monoisotopic (exact) mass is 596 g/mol. The van der Waals surface area contributed by atoms with Crippen molar-refractivity contribution in [2.24, 2.45) is 0 Å². The van der Waals surface area contributed by atoms with E-state index in [0.29, 0.717) is 22.8 Å². The second-order valence-electron chi connectivity index (χ2n) is 11.3. The summed E-state index contributed by atoms with van der Waals surface area (Å²) in [6.45, 7) is 13.6. The van der Waals surface area contributed by atoms with Crippen molar-refractivity contribution in [1.82, 2.24) is 19.9 Å². The van der Waals surface area contributed by atoms with Crippen molar-refractivity contribution in [3.63, 3.8) is 0 Å². The summed E-state index contributed by atoms with van der Waals surface area (Å²) in [7, 11) is 0. The zero-order valence-corrected chi connectivity index (χ0v) is 25.5. The van der Waals surface area contributed by atoms with Gasteiger partial charge >= 0.3 is 11.9 Å². The number of aromatic amines is 2. The topological polar surface area (TPSA) is 161 Å². The number of fused-ring (bicyclic) bond motifs is 8. The smallest absolute Gasteiger partial charge is 0.303 e. The maximum absolute atomic E-state index is 11.6. The second-order valence-corrected chi connectivity index (χ2v) is 11.3. The van der Waals surface area contributed by atoms with Crippen molar-refractivity contribution in [3.05, 3.63) is 75.9 Å². The van der Waals surface area contributed by atoms with Gasteiger partial charge in [0.05, 0.1) is 22.8 Å². The molecular weight excluding hydrogens is 560 g/mol. The van der Waals surface area contributed by atoms with Crippen LogP contribution in [0, 0.1) is 13.8 Å². The summed E-state index contributed by atoms with van der Waals surface area (Å²) in [5.41, 5.74) is 12.5. The van der Waals surface area contributed by atoms with E-state index in [4.69, 9.17) is 14.9 Å². The number of aryl methyl sites for hydroxylation is 2. The first-order valence-electron chi connectivity index (χ1n) is 14.5. The molecule has 0 saturated heterocycles. The molecule has 8 bridgehead atoms. The molecule has 10 heteroatoms. The molecule has 0 radical (unpaired) electrons. The van der Waals surface area contributed by atoms with E-state index in [9.17, 15) is 25.1 Å². The molecule has 2 aliphatic heterocycles. The van der Waals surface area contributed by atoms with E-state index in [1.165, 1.54) is 0 Å². The first kappa shape index (κ1) is 30.7. The molecule has 3 aromatic rings. The lowest BCUT2D eigenvalue weighted by Crippen LogP contribution is -1.97. The van der Waals surface area contributed by atoms with Crippen molar-refractivity contribution in [2.45, 2.75) is 66.4 Å². The molecule has 0 unspecified atom stereocenters. The van der Waals surface area contributed by atoms with Crippen LogP contribution in [0.3, 0.4) is 0 Å². The number of H-pyrrole nitrogens is 2. The Hall–Kier alpha value is -4.80. The van der Waals surface area contributed by atoms with Gasteiger partial charge in [0, 0.05) is 46.0 Å². The van der Waals surface area contributed by atoms with Gasteiger partial charge in [-0.1, -0.05) is 12.7 Å². The highest BCUT2D eigenvalue weighted by Gasteiger charge is 2.23. The van der Waals surface area contributed by atoms with E-state index in [1.54, 1.807) is 13.0 Å². The molecule has 0 aliphatic carbocycles. The third-order valence-corrected chi connectivity index (χ3v) is 8.58. The predicted octanol–water partition coefficient (Wildman–Crippen LogP) is 7.72. The van der Waals surface area contributed by atoms with Crippen LogP contribution in [0.2, 0.25) is 0 Å². The number of aliphatic carboxylic acids is 2. The number of hydrogen-bond donors (Lipinski definition) is 5. The maximum atomic E-state index is 11.6. The highest BCUT2D eigenvalue weighted by atomic mass is 17.1. The van der Waals surface area contributed by atoms with Crippen LogP contribution in [0.4, 0.5) is 0 Å². The first-order chi connectivity index (χ1) is 20.9. The summed E-state index contributed by atoms with van der Waals surface area (Å²) in [6, 6.07) is 7.66. The van der Waals surface area contributed by atoms with Crippen LogP contribution in [0.25, 0.3) is 50.4 Å².